The van der Waals surface area contributed by atoms with Crippen molar-refractivity contribution < 1.29 is 13.9 Å². The summed E-state index contributed by atoms with van der Waals surface area (Å²) in [5.74, 6) is 1.13. The fourth-order valence-corrected chi connectivity index (χ4v) is 4.02. The van der Waals surface area contributed by atoms with Crippen molar-refractivity contribution in [3.63, 3.8) is 0 Å². The van der Waals surface area contributed by atoms with Crippen LogP contribution in [-0.4, -0.2) is 36.0 Å². The van der Waals surface area contributed by atoms with Gasteiger partial charge < -0.3 is 19.0 Å². The van der Waals surface area contributed by atoms with Gasteiger partial charge in [0.1, 0.15) is 11.3 Å². The molecule has 6 nitrogen and oxygen atoms in total. The normalized spacial score (nSPS) is 17.1. The second-order valence-corrected chi connectivity index (χ2v) is 7.46. The lowest BCUT2D eigenvalue weighted by Crippen LogP contribution is -2.39. The summed E-state index contributed by atoms with van der Waals surface area (Å²) < 4.78 is 11.2. The zero-order valence-corrected chi connectivity index (χ0v) is 16.4. The lowest BCUT2D eigenvalue weighted by atomic mass is 9.93. The van der Waals surface area contributed by atoms with Crippen molar-refractivity contribution in [2.75, 3.05) is 20.2 Å². The van der Waals surface area contributed by atoms with Crippen molar-refractivity contribution in [2.24, 2.45) is 0 Å². The molecule has 1 aliphatic rings. The summed E-state index contributed by atoms with van der Waals surface area (Å²) in [6.45, 7) is 5.03. The van der Waals surface area contributed by atoms with Gasteiger partial charge in [-0.2, -0.15) is 0 Å². The minimum atomic E-state index is -0.104. The third kappa shape index (κ3) is 3.30. The highest BCUT2D eigenvalue weighted by Gasteiger charge is 2.29. The van der Waals surface area contributed by atoms with E-state index in [0.717, 1.165) is 40.9 Å². The molecule has 1 atom stereocenters. The van der Waals surface area contributed by atoms with E-state index in [1.165, 1.54) is 0 Å². The Morgan fingerprint density at radius 1 is 1.25 bits per heavy atom. The number of piperidine rings is 1. The van der Waals surface area contributed by atoms with Gasteiger partial charge in [-0.05, 0) is 44.9 Å². The Kier molecular flexibility index (Phi) is 4.71. The van der Waals surface area contributed by atoms with Crippen LogP contribution < -0.4 is 10.2 Å². The Morgan fingerprint density at radius 2 is 2.07 bits per heavy atom. The van der Waals surface area contributed by atoms with Gasteiger partial charge in [0.25, 0.3) is 5.91 Å². The second kappa shape index (κ2) is 7.19. The van der Waals surface area contributed by atoms with Gasteiger partial charge in [0.05, 0.1) is 7.11 Å². The third-order valence-corrected chi connectivity index (χ3v) is 5.48. The molecule has 1 amide bonds. The van der Waals surface area contributed by atoms with Gasteiger partial charge in [-0.3, -0.25) is 9.59 Å². The van der Waals surface area contributed by atoms with Crippen molar-refractivity contribution in [1.29, 1.82) is 0 Å². The largest absolute Gasteiger partial charge is 0.497 e. The molecule has 0 bridgehead atoms. The van der Waals surface area contributed by atoms with Gasteiger partial charge >= 0.3 is 0 Å². The number of aromatic nitrogens is 1. The first kappa shape index (κ1) is 18.3. The molecule has 3 aromatic rings. The number of likely N-dealkylation sites (tertiary alicyclic amines) is 1. The summed E-state index contributed by atoms with van der Waals surface area (Å²) >= 11 is 0. The number of rotatable bonds is 3. The molecule has 0 radical (unpaired) electrons. The highest BCUT2D eigenvalue weighted by Crippen LogP contribution is 2.31. The maximum absolute atomic E-state index is 13.2. The maximum atomic E-state index is 13.2. The summed E-state index contributed by atoms with van der Waals surface area (Å²) in [4.78, 5) is 30.2. The van der Waals surface area contributed by atoms with E-state index >= 15 is 0 Å². The first-order valence-electron chi connectivity index (χ1n) is 9.53. The number of hydrogen-bond donors (Lipinski definition) is 1. The number of furan rings is 1. The standard InChI is InChI=1S/C22H24N2O4/c1-13-9-16(25)10-19(23-13)15-5-4-8-24(12-15)22(26)21-14(2)18-11-17(27-3)6-7-20(18)28-21/h6-7,9-11,15H,4-5,8,12H2,1-3H3,(H,23,25)/t15-/m0/s1. The Morgan fingerprint density at radius 3 is 2.82 bits per heavy atom. The zero-order chi connectivity index (χ0) is 19.8. The Balaban J connectivity index is 1.62. The van der Waals surface area contributed by atoms with Gasteiger partial charge in [-0.1, -0.05) is 0 Å². The number of methoxy groups -OCH3 is 1. The van der Waals surface area contributed by atoms with E-state index in [-0.39, 0.29) is 17.3 Å². The van der Waals surface area contributed by atoms with Crippen LogP contribution in [0.2, 0.25) is 0 Å². The Bertz CT molecular complexity index is 1100. The minimum absolute atomic E-state index is 0.00299. The fourth-order valence-electron chi connectivity index (χ4n) is 4.02. The zero-order valence-electron chi connectivity index (χ0n) is 16.4. The number of nitrogens with one attached hydrogen (secondary N) is 1. The van der Waals surface area contributed by atoms with Crippen LogP contribution in [0.5, 0.6) is 5.75 Å². The van der Waals surface area contributed by atoms with Crippen LogP contribution in [0.4, 0.5) is 0 Å². The molecule has 146 valence electrons. The Labute approximate surface area is 163 Å². The van der Waals surface area contributed by atoms with Gasteiger partial charge in [0.2, 0.25) is 0 Å². The van der Waals surface area contributed by atoms with E-state index in [0.29, 0.717) is 24.4 Å². The van der Waals surface area contributed by atoms with Crippen molar-refractivity contribution in [3.05, 3.63) is 63.3 Å². The molecule has 4 rings (SSSR count). The molecular formula is C22H24N2O4. The van der Waals surface area contributed by atoms with Crippen LogP contribution >= 0.6 is 0 Å². The van der Waals surface area contributed by atoms with Crippen LogP contribution in [0, 0.1) is 13.8 Å². The average molecular weight is 380 g/mol. The number of nitrogens with zero attached hydrogens (tertiary/aromatic N) is 1. The predicted octanol–water partition coefficient (Wildman–Crippen LogP) is 3.77. The molecule has 0 unspecified atom stereocenters. The van der Waals surface area contributed by atoms with E-state index in [2.05, 4.69) is 4.98 Å². The van der Waals surface area contributed by atoms with Crippen LogP contribution in [-0.2, 0) is 0 Å². The summed E-state index contributed by atoms with van der Waals surface area (Å²) in [5.41, 5.74) is 3.24. The molecule has 2 aromatic heterocycles. The first-order chi connectivity index (χ1) is 13.5. The molecule has 28 heavy (non-hydrogen) atoms. The number of benzene rings is 1. The van der Waals surface area contributed by atoms with Gasteiger partial charge in [0, 0.05) is 53.5 Å². The van der Waals surface area contributed by atoms with Crippen molar-refractivity contribution in [3.8, 4) is 5.75 Å². The van der Waals surface area contributed by atoms with Gasteiger partial charge in [-0.15, -0.1) is 0 Å². The van der Waals surface area contributed by atoms with Crippen LogP contribution in [0.3, 0.4) is 0 Å². The van der Waals surface area contributed by atoms with Crippen molar-refractivity contribution in [2.45, 2.75) is 32.6 Å². The van der Waals surface area contributed by atoms with E-state index < -0.39 is 0 Å². The summed E-state index contributed by atoms with van der Waals surface area (Å²) in [6.07, 6.45) is 1.83. The monoisotopic (exact) mass is 380 g/mol. The number of aryl methyl sites for hydroxylation is 2. The molecule has 0 saturated carbocycles. The highest BCUT2D eigenvalue weighted by atomic mass is 16.5. The number of amides is 1. The molecule has 1 aromatic carbocycles. The lowest BCUT2D eigenvalue weighted by Gasteiger charge is -2.32. The number of fused-ring (bicyclic) bond motifs is 1. The summed E-state index contributed by atoms with van der Waals surface area (Å²) in [5, 5.41) is 0.888. The van der Waals surface area contributed by atoms with E-state index in [1.54, 1.807) is 19.2 Å². The second-order valence-electron chi connectivity index (χ2n) is 7.46. The number of carbonyl (C=O) groups excluding carboxylic acids is 1. The molecule has 3 heterocycles. The highest BCUT2D eigenvalue weighted by molar-refractivity contribution is 5.99. The van der Waals surface area contributed by atoms with E-state index in [9.17, 15) is 9.59 Å². The van der Waals surface area contributed by atoms with Crippen LogP contribution in [0.25, 0.3) is 11.0 Å². The van der Waals surface area contributed by atoms with Crippen LogP contribution in [0.1, 0.15) is 46.3 Å². The molecule has 1 aliphatic heterocycles. The quantitative estimate of drug-likeness (QED) is 0.751. The lowest BCUT2D eigenvalue weighted by molar-refractivity contribution is 0.0675. The van der Waals surface area contributed by atoms with Gasteiger partial charge in [0.15, 0.2) is 11.2 Å². The van der Waals surface area contributed by atoms with Crippen molar-refractivity contribution >= 4 is 16.9 Å². The Hall–Kier alpha value is -3.02. The van der Waals surface area contributed by atoms with E-state index in [1.807, 2.05) is 36.9 Å². The summed E-state index contributed by atoms with van der Waals surface area (Å²) in [7, 11) is 1.62. The molecule has 1 fully saturated rings. The molecule has 6 heteroatoms. The SMILES string of the molecule is COc1ccc2oc(C(=O)N3CCC[C@H](c4cc(=O)cc(C)[nH]4)C3)c(C)c2c1. The number of carbonyl (C=O) groups is 1. The topological polar surface area (TPSA) is 75.5 Å². The first-order valence-corrected chi connectivity index (χ1v) is 9.53. The molecule has 0 aliphatic carbocycles. The number of pyridine rings is 1. The minimum Gasteiger partial charge on any atom is -0.497 e. The number of hydrogen-bond acceptors (Lipinski definition) is 4. The molecule has 1 N–H and O–H groups in total. The molecule has 1 saturated heterocycles. The molecular weight excluding hydrogens is 356 g/mol. The third-order valence-electron chi connectivity index (χ3n) is 5.48. The van der Waals surface area contributed by atoms with E-state index in [4.69, 9.17) is 9.15 Å². The van der Waals surface area contributed by atoms with Crippen LogP contribution in [0.15, 0.2) is 39.5 Å². The smallest absolute Gasteiger partial charge is 0.289 e. The van der Waals surface area contributed by atoms with Gasteiger partial charge in [-0.25, -0.2) is 0 Å². The summed E-state index contributed by atoms with van der Waals surface area (Å²) in [6, 6.07) is 8.77. The number of aromatic amines is 1. The fraction of sp³-hybridized carbons (Fsp3) is 0.364. The molecule has 0 spiro atoms. The predicted molar refractivity (Wildman–Crippen MR) is 107 cm³/mol. The average Bonchev–Trinajstić information content (AvgIpc) is 3.02. The number of H-pyrrole nitrogens is 1. The number of ether oxygens (including phenoxy) is 1. The van der Waals surface area contributed by atoms with Crippen molar-refractivity contribution in [1.82, 2.24) is 9.88 Å². The maximum Gasteiger partial charge on any atom is 0.289 e.